The predicted octanol–water partition coefficient (Wildman–Crippen LogP) is 2.60. The summed E-state index contributed by atoms with van der Waals surface area (Å²) in [6.45, 7) is 3.56. The van der Waals surface area contributed by atoms with Crippen LogP contribution in [0.3, 0.4) is 0 Å². The van der Waals surface area contributed by atoms with Gasteiger partial charge in [0.25, 0.3) is 0 Å². The summed E-state index contributed by atoms with van der Waals surface area (Å²) < 4.78 is 0. The molecule has 2 N–H and O–H groups in total. The molecule has 1 aromatic rings. The zero-order valence-electron chi connectivity index (χ0n) is 11.5. The molecule has 4 nitrogen and oxygen atoms in total. The number of benzene rings is 1. The van der Waals surface area contributed by atoms with Gasteiger partial charge in [-0.15, -0.1) is 0 Å². The molecule has 0 unspecified atom stereocenters. The number of nitrogens with one attached hydrogen (secondary N) is 1. The second kappa shape index (κ2) is 5.44. The average molecular weight is 296 g/mol. The molecule has 1 amide bonds. The Morgan fingerprint density at radius 1 is 1.25 bits per heavy atom. The molecule has 108 valence electrons. The summed E-state index contributed by atoms with van der Waals surface area (Å²) in [5.41, 5.74) is 0.319. The molecule has 1 aromatic carbocycles. The smallest absolute Gasteiger partial charge is 0.326 e. The van der Waals surface area contributed by atoms with E-state index in [4.69, 9.17) is 16.7 Å². The number of hydrogen-bond donors (Lipinski definition) is 2. The highest BCUT2D eigenvalue weighted by molar-refractivity contribution is 6.30. The van der Waals surface area contributed by atoms with Gasteiger partial charge in [-0.1, -0.05) is 37.6 Å². The maximum absolute atomic E-state index is 12.4. The van der Waals surface area contributed by atoms with Crippen molar-refractivity contribution in [2.75, 3.05) is 0 Å². The number of halogens is 1. The van der Waals surface area contributed by atoms with Crippen LogP contribution in [0.1, 0.15) is 32.3 Å². The summed E-state index contributed by atoms with van der Waals surface area (Å²) in [7, 11) is 0. The van der Waals surface area contributed by atoms with Crippen LogP contribution >= 0.6 is 11.6 Å². The third-order valence-electron chi connectivity index (χ3n) is 3.80. The third-order valence-corrected chi connectivity index (χ3v) is 4.05. The first kappa shape index (κ1) is 14.9. The second-order valence-electron chi connectivity index (χ2n) is 5.62. The van der Waals surface area contributed by atoms with Crippen LogP contribution in [0.4, 0.5) is 0 Å². The molecule has 5 heteroatoms. The maximum atomic E-state index is 12.4. The first-order valence-electron chi connectivity index (χ1n) is 6.66. The van der Waals surface area contributed by atoms with Gasteiger partial charge < -0.3 is 10.4 Å². The Hall–Kier alpha value is -1.55. The minimum Gasteiger partial charge on any atom is -0.480 e. The minimum absolute atomic E-state index is 0.155. The van der Waals surface area contributed by atoms with Gasteiger partial charge in [0.1, 0.15) is 6.04 Å². The van der Waals surface area contributed by atoms with E-state index in [1.165, 1.54) is 0 Å². The topological polar surface area (TPSA) is 66.4 Å². The summed E-state index contributed by atoms with van der Waals surface area (Å²) in [6, 6.07) is 6.32. The number of carbonyl (C=O) groups is 2. The molecule has 0 saturated heterocycles. The standard InChI is InChI=1S/C15H18ClNO3/c1-9(2)12(13(18)19)17-14(20)15(7-8-15)10-3-5-11(16)6-4-10/h3-6,9,12H,7-8H2,1-2H3,(H,17,20)(H,18,19)/t12-/m1/s1. The molecule has 0 bridgehead atoms. The largest absolute Gasteiger partial charge is 0.480 e. The molecule has 0 heterocycles. The molecule has 1 atom stereocenters. The summed E-state index contributed by atoms with van der Waals surface area (Å²) in [4.78, 5) is 23.6. The van der Waals surface area contributed by atoms with Crippen molar-refractivity contribution in [3.63, 3.8) is 0 Å². The molecule has 0 aromatic heterocycles. The average Bonchev–Trinajstić information content (AvgIpc) is 3.17. The van der Waals surface area contributed by atoms with Gasteiger partial charge in [-0.3, -0.25) is 4.79 Å². The van der Waals surface area contributed by atoms with Crippen LogP contribution in [0.2, 0.25) is 5.02 Å². The van der Waals surface area contributed by atoms with E-state index in [-0.39, 0.29) is 11.8 Å². The number of amides is 1. The number of carboxylic acid groups (broad SMARTS) is 1. The molecule has 2 rings (SSSR count). The normalized spacial score (nSPS) is 17.6. The molecule has 1 aliphatic carbocycles. The first-order valence-corrected chi connectivity index (χ1v) is 7.04. The molecular weight excluding hydrogens is 278 g/mol. The fourth-order valence-corrected chi connectivity index (χ4v) is 2.46. The lowest BCUT2D eigenvalue weighted by atomic mass is 9.93. The van der Waals surface area contributed by atoms with Crippen molar-refractivity contribution in [2.24, 2.45) is 5.92 Å². The fourth-order valence-electron chi connectivity index (χ4n) is 2.33. The highest BCUT2D eigenvalue weighted by atomic mass is 35.5. The summed E-state index contributed by atoms with van der Waals surface area (Å²) >= 11 is 5.85. The fraction of sp³-hybridized carbons (Fsp3) is 0.467. The van der Waals surface area contributed by atoms with Crippen molar-refractivity contribution < 1.29 is 14.7 Å². The Labute approximate surface area is 123 Å². The molecule has 1 fully saturated rings. The molecule has 0 radical (unpaired) electrons. The van der Waals surface area contributed by atoms with Gasteiger partial charge in [-0.2, -0.15) is 0 Å². The van der Waals surface area contributed by atoms with E-state index in [0.29, 0.717) is 5.02 Å². The van der Waals surface area contributed by atoms with E-state index in [0.717, 1.165) is 18.4 Å². The Bertz CT molecular complexity index is 520. The zero-order valence-corrected chi connectivity index (χ0v) is 12.3. The van der Waals surface area contributed by atoms with Crippen LogP contribution in [0.25, 0.3) is 0 Å². The number of rotatable bonds is 5. The van der Waals surface area contributed by atoms with Crippen molar-refractivity contribution >= 4 is 23.5 Å². The second-order valence-corrected chi connectivity index (χ2v) is 6.06. The van der Waals surface area contributed by atoms with Crippen LogP contribution in [0.15, 0.2) is 24.3 Å². The first-order chi connectivity index (χ1) is 9.36. The van der Waals surface area contributed by atoms with E-state index in [1.807, 2.05) is 12.1 Å². The number of aliphatic carboxylic acids is 1. The van der Waals surface area contributed by atoms with Crippen molar-refractivity contribution in [1.82, 2.24) is 5.32 Å². The lowest BCUT2D eigenvalue weighted by molar-refractivity contribution is -0.143. The highest BCUT2D eigenvalue weighted by Gasteiger charge is 2.52. The predicted molar refractivity (Wildman–Crippen MR) is 76.8 cm³/mol. The van der Waals surface area contributed by atoms with Crippen molar-refractivity contribution in [3.05, 3.63) is 34.9 Å². The highest BCUT2D eigenvalue weighted by Crippen LogP contribution is 2.48. The number of hydrogen-bond acceptors (Lipinski definition) is 2. The van der Waals surface area contributed by atoms with Gasteiger partial charge in [-0.05, 0) is 36.5 Å². The molecule has 20 heavy (non-hydrogen) atoms. The molecule has 1 saturated carbocycles. The molecule has 0 aliphatic heterocycles. The van der Waals surface area contributed by atoms with Crippen LogP contribution in [0, 0.1) is 5.92 Å². The number of carbonyl (C=O) groups excluding carboxylic acids is 1. The molecular formula is C15H18ClNO3. The van der Waals surface area contributed by atoms with Crippen molar-refractivity contribution in [3.8, 4) is 0 Å². The van der Waals surface area contributed by atoms with Crippen molar-refractivity contribution in [1.29, 1.82) is 0 Å². The lowest BCUT2D eigenvalue weighted by Gasteiger charge is -2.22. The van der Waals surface area contributed by atoms with Gasteiger partial charge in [0.2, 0.25) is 5.91 Å². The zero-order chi connectivity index (χ0) is 14.9. The van der Waals surface area contributed by atoms with Crippen LogP contribution in [-0.2, 0) is 15.0 Å². The summed E-state index contributed by atoms with van der Waals surface area (Å²) in [6.07, 6.45) is 1.48. The Morgan fingerprint density at radius 2 is 1.80 bits per heavy atom. The quantitative estimate of drug-likeness (QED) is 0.877. The van der Waals surface area contributed by atoms with Gasteiger partial charge in [0.05, 0.1) is 5.41 Å². The Kier molecular flexibility index (Phi) is 4.04. The van der Waals surface area contributed by atoms with E-state index in [1.54, 1.807) is 26.0 Å². The van der Waals surface area contributed by atoms with Crippen LogP contribution in [0.5, 0.6) is 0 Å². The van der Waals surface area contributed by atoms with E-state index >= 15 is 0 Å². The summed E-state index contributed by atoms with van der Waals surface area (Å²) in [5.74, 6) is -1.36. The van der Waals surface area contributed by atoms with E-state index < -0.39 is 17.4 Å². The minimum atomic E-state index is -1.000. The number of carboxylic acids is 1. The van der Waals surface area contributed by atoms with Gasteiger partial charge in [0, 0.05) is 5.02 Å². The Morgan fingerprint density at radius 3 is 2.20 bits per heavy atom. The lowest BCUT2D eigenvalue weighted by Crippen LogP contribution is -2.48. The van der Waals surface area contributed by atoms with E-state index in [9.17, 15) is 9.59 Å². The molecule has 1 aliphatic rings. The monoisotopic (exact) mass is 295 g/mol. The Balaban J connectivity index is 2.16. The SMILES string of the molecule is CC(C)[C@@H](NC(=O)C1(c2ccc(Cl)cc2)CC1)C(=O)O. The third kappa shape index (κ3) is 2.80. The van der Waals surface area contributed by atoms with E-state index in [2.05, 4.69) is 5.32 Å². The maximum Gasteiger partial charge on any atom is 0.326 e. The van der Waals surface area contributed by atoms with Crippen molar-refractivity contribution in [2.45, 2.75) is 38.1 Å². The van der Waals surface area contributed by atoms with Gasteiger partial charge in [0.15, 0.2) is 0 Å². The van der Waals surface area contributed by atoms with Gasteiger partial charge in [-0.25, -0.2) is 4.79 Å². The van der Waals surface area contributed by atoms with Crippen LogP contribution < -0.4 is 5.32 Å². The van der Waals surface area contributed by atoms with Crippen LogP contribution in [-0.4, -0.2) is 23.0 Å². The summed E-state index contributed by atoms with van der Waals surface area (Å²) in [5, 5.41) is 12.4. The van der Waals surface area contributed by atoms with Gasteiger partial charge >= 0.3 is 5.97 Å². The molecule has 0 spiro atoms.